The van der Waals surface area contributed by atoms with Gasteiger partial charge in [-0.05, 0) is 30.2 Å². The molecule has 0 saturated heterocycles. The van der Waals surface area contributed by atoms with Crippen LogP contribution < -0.4 is 10.1 Å². The summed E-state index contributed by atoms with van der Waals surface area (Å²) in [5.74, 6) is 0.110. The Balaban J connectivity index is 2.14. The van der Waals surface area contributed by atoms with Crippen molar-refractivity contribution in [2.75, 3.05) is 12.4 Å². The number of ether oxygens (including phenoxy) is 1. The number of hydrogen-bond donors (Lipinski definition) is 2. The second-order valence-corrected chi connectivity index (χ2v) is 5.00. The second-order valence-electron chi connectivity index (χ2n) is 5.00. The summed E-state index contributed by atoms with van der Waals surface area (Å²) in [6, 6.07) is 6.51. The predicted octanol–water partition coefficient (Wildman–Crippen LogP) is 2.66. The van der Waals surface area contributed by atoms with Crippen molar-refractivity contribution in [3.63, 3.8) is 0 Å². The molecule has 0 aliphatic carbocycles. The van der Waals surface area contributed by atoms with Gasteiger partial charge >= 0.3 is 12.0 Å². The van der Waals surface area contributed by atoms with Gasteiger partial charge in [-0.3, -0.25) is 0 Å². The van der Waals surface area contributed by atoms with Gasteiger partial charge in [-0.15, -0.1) is 0 Å². The highest BCUT2D eigenvalue weighted by Gasteiger charge is 2.25. The molecule has 2 aromatic rings. The van der Waals surface area contributed by atoms with Crippen LogP contribution in [-0.4, -0.2) is 34.4 Å². The molecule has 0 fully saturated rings. The van der Waals surface area contributed by atoms with E-state index in [9.17, 15) is 9.90 Å². The normalized spacial score (nSPS) is 13.4. The molecule has 0 bridgehead atoms. The third kappa shape index (κ3) is 3.55. The Labute approximate surface area is 128 Å². The minimum Gasteiger partial charge on any atom is -0.497 e. The zero-order valence-electron chi connectivity index (χ0n) is 12.7. The summed E-state index contributed by atoms with van der Waals surface area (Å²) in [6.45, 7) is 3.78. The first kappa shape index (κ1) is 15.8. The van der Waals surface area contributed by atoms with E-state index in [1.807, 2.05) is 13.8 Å². The number of benzene rings is 1. The Kier molecular flexibility index (Phi) is 4.98. The van der Waals surface area contributed by atoms with Crippen molar-refractivity contribution < 1.29 is 19.2 Å². The summed E-state index contributed by atoms with van der Waals surface area (Å²) < 4.78 is 10.2. The Morgan fingerprint density at radius 2 is 2.09 bits per heavy atom. The van der Waals surface area contributed by atoms with E-state index in [2.05, 4.69) is 15.5 Å². The molecule has 0 radical (unpaired) electrons. The standard InChI is InChI=1S/C15H19N3O4/c1-4-9(2)12(14(19)20)16-15-17-13(18-22-15)10-5-7-11(21-3)8-6-10/h5-9,12H,4H2,1-3H3,(H,19,20)(H,16,17,18)/t9-,12-/m0/s1. The van der Waals surface area contributed by atoms with Gasteiger partial charge in [0.05, 0.1) is 7.11 Å². The number of carboxylic acid groups (broad SMARTS) is 1. The Morgan fingerprint density at radius 3 is 2.64 bits per heavy atom. The first-order chi connectivity index (χ1) is 10.5. The van der Waals surface area contributed by atoms with Crippen LogP contribution in [0.5, 0.6) is 5.75 Å². The summed E-state index contributed by atoms with van der Waals surface area (Å²) in [7, 11) is 1.59. The molecule has 0 unspecified atom stereocenters. The number of aromatic nitrogens is 2. The van der Waals surface area contributed by atoms with Crippen molar-refractivity contribution in [1.82, 2.24) is 10.1 Å². The maximum atomic E-state index is 11.3. The minimum atomic E-state index is -0.946. The lowest BCUT2D eigenvalue weighted by molar-refractivity contribution is -0.139. The quantitative estimate of drug-likeness (QED) is 0.811. The molecule has 1 aromatic heterocycles. The number of nitrogens with one attached hydrogen (secondary N) is 1. The van der Waals surface area contributed by atoms with Crippen LogP contribution in [-0.2, 0) is 4.79 Å². The molecular weight excluding hydrogens is 286 g/mol. The van der Waals surface area contributed by atoms with Crippen LogP contribution in [0.1, 0.15) is 20.3 Å². The van der Waals surface area contributed by atoms with E-state index in [-0.39, 0.29) is 11.9 Å². The van der Waals surface area contributed by atoms with E-state index in [0.717, 1.165) is 17.7 Å². The number of carboxylic acids is 1. The number of aliphatic carboxylic acids is 1. The van der Waals surface area contributed by atoms with E-state index in [1.54, 1.807) is 31.4 Å². The number of rotatable bonds is 7. The topological polar surface area (TPSA) is 97.5 Å². The van der Waals surface area contributed by atoms with Crippen molar-refractivity contribution in [3.8, 4) is 17.1 Å². The summed E-state index contributed by atoms with van der Waals surface area (Å²) >= 11 is 0. The monoisotopic (exact) mass is 305 g/mol. The van der Waals surface area contributed by atoms with Crippen LogP contribution in [0.15, 0.2) is 28.8 Å². The van der Waals surface area contributed by atoms with Crippen molar-refractivity contribution in [2.24, 2.45) is 5.92 Å². The highest BCUT2D eigenvalue weighted by Crippen LogP contribution is 2.22. The molecule has 1 heterocycles. The fraction of sp³-hybridized carbons (Fsp3) is 0.400. The van der Waals surface area contributed by atoms with Crippen LogP contribution >= 0.6 is 0 Å². The molecule has 118 valence electrons. The zero-order chi connectivity index (χ0) is 16.1. The molecule has 0 aliphatic rings. The lowest BCUT2D eigenvalue weighted by Crippen LogP contribution is -2.35. The average Bonchev–Trinajstić information content (AvgIpc) is 3.00. The number of carbonyl (C=O) groups is 1. The van der Waals surface area contributed by atoms with Crippen molar-refractivity contribution in [1.29, 1.82) is 0 Å². The van der Waals surface area contributed by atoms with Crippen LogP contribution in [0.25, 0.3) is 11.4 Å². The molecule has 7 nitrogen and oxygen atoms in total. The van der Waals surface area contributed by atoms with Crippen LogP contribution in [0.4, 0.5) is 6.01 Å². The van der Waals surface area contributed by atoms with Gasteiger partial charge in [-0.2, -0.15) is 4.98 Å². The maximum absolute atomic E-state index is 11.3. The second kappa shape index (κ2) is 6.93. The summed E-state index contributed by atoms with van der Waals surface area (Å²) in [4.78, 5) is 15.5. The van der Waals surface area contributed by atoms with E-state index in [1.165, 1.54) is 0 Å². The third-order valence-corrected chi connectivity index (χ3v) is 3.53. The zero-order valence-corrected chi connectivity index (χ0v) is 12.7. The average molecular weight is 305 g/mol. The summed E-state index contributed by atoms with van der Waals surface area (Å²) in [6.07, 6.45) is 0.726. The molecule has 0 aliphatic heterocycles. The summed E-state index contributed by atoms with van der Waals surface area (Å²) in [5.41, 5.74) is 0.757. The largest absolute Gasteiger partial charge is 0.497 e. The van der Waals surface area contributed by atoms with E-state index >= 15 is 0 Å². The van der Waals surface area contributed by atoms with Gasteiger partial charge in [-0.25, -0.2) is 4.79 Å². The van der Waals surface area contributed by atoms with Crippen molar-refractivity contribution >= 4 is 12.0 Å². The van der Waals surface area contributed by atoms with Gasteiger partial charge in [0.1, 0.15) is 11.8 Å². The van der Waals surface area contributed by atoms with E-state index in [4.69, 9.17) is 9.26 Å². The molecule has 0 amide bonds. The van der Waals surface area contributed by atoms with E-state index < -0.39 is 12.0 Å². The van der Waals surface area contributed by atoms with Gasteiger partial charge < -0.3 is 19.7 Å². The molecular formula is C15H19N3O4. The molecule has 2 rings (SSSR count). The molecule has 7 heteroatoms. The fourth-order valence-corrected chi connectivity index (χ4v) is 1.96. The van der Waals surface area contributed by atoms with Gasteiger partial charge in [0.25, 0.3) is 0 Å². The molecule has 1 aromatic carbocycles. The molecule has 2 atom stereocenters. The van der Waals surface area contributed by atoms with Gasteiger partial charge in [-0.1, -0.05) is 25.4 Å². The molecule has 2 N–H and O–H groups in total. The lowest BCUT2D eigenvalue weighted by Gasteiger charge is -2.18. The van der Waals surface area contributed by atoms with Crippen molar-refractivity contribution in [3.05, 3.63) is 24.3 Å². The highest BCUT2D eigenvalue weighted by atomic mass is 16.5. The highest BCUT2D eigenvalue weighted by molar-refractivity contribution is 5.76. The first-order valence-electron chi connectivity index (χ1n) is 7.02. The Bertz CT molecular complexity index is 624. The number of anilines is 1. The fourth-order valence-electron chi connectivity index (χ4n) is 1.96. The number of methoxy groups -OCH3 is 1. The number of nitrogens with zero attached hydrogens (tertiary/aromatic N) is 2. The predicted molar refractivity (Wildman–Crippen MR) is 80.8 cm³/mol. The third-order valence-electron chi connectivity index (χ3n) is 3.53. The maximum Gasteiger partial charge on any atom is 0.326 e. The van der Waals surface area contributed by atoms with Gasteiger partial charge in [0.2, 0.25) is 5.82 Å². The molecule has 0 saturated carbocycles. The minimum absolute atomic E-state index is 0.0613. The molecule has 0 spiro atoms. The Morgan fingerprint density at radius 1 is 1.41 bits per heavy atom. The van der Waals surface area contributed by atoms with Crippen LogP contribution in [0, 0.1) is 5.92 Å². The number of hydrogen-bond acceptors (Lipinski definition) is 6. The molecule has 22 heavy (non-hydrogen) atoms. The summed E-state index contributed by atoms with van der Waals surface area (Å²) in [5, 5.41) is 15.9. The van der Waals surface area contributed by atoms with E-state index in [0.29, 0.717) is 5.82 Å². The van der Waals surface area contributed by atoms with Gasteiger partial charge in [0.15, 0.2) is 0 Å². The van der Waals surface area contributed by atoms with Crippen LogP contribution in [0.3, 0.4) is 0 Å². The smallest absolute Gasteiger partial charge is 0.326 e. The van der Waals surface area contributed by atoms with Crippen LogP contribution in [0.2, 0.25) is 0 Å². The first-order valence-corrected chi connectivity index (χ1v) is 7.02. The van der Waals surface area contributed by atoms with Crippen molar-refractivity contribution in [2.45, 2.75) is 26.3 Å². The lowest BCUT2D eigenvalue weighted by atomic mass is 10.00. The SMILES string of the molecule is CC[C@H](C)[C@H](Nc1nc(-c2ccc(OC)cc2)no1)C(=O)O. The Hall–Kier alpha value is -2.57. The van der Waals surface area contributed by atoms with Gasteiger partial charge in [0, 0.05) is 5.56 Å².